The van der Waals surface area contributed by atoms with E-state index < -0.39 is 17.4 Å². The SMILES string of the molecule is CC[C@@]1(O)C(=O)OCc2c1cc1n(c2=O)Cc2c-1nc1ccc(Cl)c(F)c1c2CN. The lowest BCUT2D eigenvalue weighted by molar-refractivity contribution is -0.172. The monoisotopic (exact) mass is 429 g/mol. The fourth-order valence-electron chi connectivity index (χ4n) is 4.42. The van der Waals surface area contributed by atoms with Crippen molar-refractivity contribution in [3.05, 3.63) is 61.6 Å². The van der Waals surface area contributed by atoms with E-state index in [-0.39, 0.29) is 53.2 Å². The Morgan fingerprint density at radius 3 is 2.83 bits per heavy atom. The first-order chi connectivity index (χ1) is 14.3. The largest absolute Gasteiger partial charge is 0.458 e. The maximum Gasteiger partial charge on any atom is 0.343 e. The normalized spacial score (nSPS) is 19.4. The van der Waals surface area contributed by atoms with Crippen molar-refractivity contribution < 1.29 is 19.0 Å². The third kappa shape index (κ3) is 2.29. The molecule has 3 N–H and O–H groups in total. The van der Waals surface area contributed by atoms with Gasteiger partial charge >= 0.3 is 5.97 Å². The Balaban J connectivity index is 1.85. The van der Waals surface area contributed by atoms with E-state index >= 15 is 0 Å². The minimum atomic E-state index is -1.90. The number of aromatic nitrogens is 2. The van der Waals surface area contributed by atoms with Crippen LogP contribution in [0.1, 0.15) is 35.6 Å². The minimum Gasteiger partial charge on any atom is -0.458 e. The van der Waals surface area contributed by atoms with Crippen LogP contribution in [0.3, 0.4) is 0 Å². The molecule has 0 saturated heterocycles. The van der Waals surface area contributed by atoms with Crippen LogP contribution < -0.4 is 11.3 Å². The molecule has 7 nitrogen and oxygen atoms in total. The zero-order valence-corrected chi connectivity index (χ0v) is 16.7. The van der Waals surface area contributed by atoms with E-state index in [4.69, 9.17) is 22.1 Å². The molecule has 0 aliphatic carbocycles. The van der Waals surface area contributed by atoms with E-state index in [2.05, 4.69) is 4.98 Å². The van der Waals surface area contributed by atoms with Gasteiger partial charge in [0.2, 0.25) is 0 Å². The van der Waals surface area contributed by atoms with Crippen LogP contribution in [0.5, 0.6) is 0 Å². The van der Waals surface area contributed by atoms with Crippen LogP contribution in [0.15, 0.2) is 23.0 Å². The number of nitrogens with two attached hydrogens (primary N) is 1. The summed E-state index contributed by atoms with van der Waals surface area (Å²) in [7, 11) is 0. The molecule has 5 rings (SSSR count). The van der Waals surface area contributed by atoms with Gasteiger partial charge in [-0.3, -0.25) is 4.79 Å². The molecule has 0 radical (unpaired) electrons. The number of carbonyl (C=O) groups is 1. The number of cyclic esters (lactones) is 1. The number of fused-ring (bicyclic) bond motifs is 5. The number of benzene rings is 1. The predicted molar refractivity (Wildman–Crippen MR) is 107 cm³/mol. The molecule has 0 amide bonds. The van der Waals surface area contributed by atoms with Gasteiger partial charge in [0.25, 0.3) is 5.56 Å². The summed E-state index contributed by atoms with van der Waals surface area (Å²) in [5, 5.41) is 11.1. The number of nitrogens with zero attached hydrogens (tertiary/aromatic N) is 2. The number of esters is 1. The smallest absolute Gasteiger partial charge is 0.343 e. The molecule has 4 heterocycles. The van der Waals surface area contributed by atoms with E-state index in [1.165, 1.54) is 10.6 Å². The van der Waals surface area contributed by atoms with Gasteiger partial charge in [-0.15, -0.1) is 0 Å². The number of carbonyl (C=O) groups excluding carboxylic acids is 1. The summed E-state index contributed by atoms with van der Waals surface area (Å²) in [5.41, 5.74) is 6.55. The van der Waals surface area contributed by atoms with Crippen LogP contribution in [0.4, 0.5) is 4.39 Å². The van der Waals surface area contributed by atoms with E-state index in [0.717, 1.165) is 0 Å². The number of rotatable bonds is 2. The number of halogens is 2. The van der Waals surface area contributed by atoms with Crippen LogP contribution in [-0.4, -0.2) is 20.6 Å². The number of hydrogen-bond donors (Lipinski definition) is 2. The molecule has 3 aromatic rings. The first-order valence-electron chi connectivity index (χ1n) is 9.48. The molecule has 2 aliphatic heterocycles. The molecule has 1 aromatic carbocycles. The Kier molecular flexibility index (Phi) is 4.05. The topological polar surface area (TPSA) is 107 Å². The summed E-state index contributed by atoms with van der Waals surface area (Å²) in [6.45, 7) is 1.60. The molecule has 9 heteroatoms. The van der Waals surface area contributed by atoms with E-state index in [9.17, 15) is 19.1 Å². The highest BCUT2D eigenvalue weighted by atomic mass is 35.5. The number of hydrogen-bond acceptors (Lipinski definition) is 6. The number of ether oxygens (including phenoxy) is 1. The van der Waals surface area contributed by atoms with Gasteiger partial charge in [-0.25, -0.2) is 14.2 Å². The maximum absolute atomic E-state index is 14.8. The summed E-state index contributed by atoms with van der Waals surface area (Å²) in [6, 6.07) is 4.62. The predicted octanol–water partition coefficient (Wildman–Crippen LogP) is 2.33. The fourth-order valence-corrected chi connectivity index (χ4v) is 4.58. The molecule has 0 unspecified atom stereocenters. The average molecular weight is 430 g/mol. The first kappa shape index (κ1) is 19.2. The number of pyridine rings is 2. The van der Waals surface area contributed by atoms with Crippen molar-refractivity contribution in [3.8, 4) is 11.4 Å². The highest BCUT2D eigenvalue weighted by molar-refractivity contribution is 6.31. The van der Waals surface area contributed by atoms with Crippen molar-refractivity contribution in [2.45, 2.75) is 38.6 Å². The van der Waals surface area contributed by atoms with Crippen molar-refractivity contribution in [1.29, 1.82) is 0 Å². The average Bonchev–Trinajstić information content (AvgIpc) is 3.11. The van der Waals surface area contributed by atoms with Gasteiger partial charge in [0.1, 0.15) is 6.61 Å². The van der Waals surface area contributed by atoms with Crippen molar-refractivity contribution in [1.82, 2.24) is 9.55 Å². The van der Waals surface area contributed by atoms with E-state index in [0.29, 0.717) is 28.0 Å². The molecule has 0 bridgehead atoms. The van der Waals surface area contributed by atoms with Crippen LogP contribution in [0.2, 0.25) is 5.02 Å². The van der Waals surface area contributed by atoms with Crippen LogP contribution in [0, 0.1) is 5.82 Å². The van der Waals surface area contributed by atoms with Gasteiger partial charge in [0, 0.05) is 23.1 Å². The number of aliphatic hydroxyl groups is 1. The Bertz CT molecular complexity index is 1340. The molecule has 30 heavy (non-hydrogen) atoms. The Labute approximate surface area is 174 Å². The molecule has 0 spiro atoms. The Morgan fingerprint density at radius 1 is 1.37 bits per heavy atom. The van der Waals surface area contributed by atoms with Crippen LogP contribution in [0.25, 0.3) is 22.3 Å². The quantitative estimate of drug-likeness (QED) is 0.473. The summed E-state index contributed by atoms with van der Waals surface area (Å²) in [4.78, 5) is 30.0. The summed E-state index contributed by atoms with van der Waals surface area (Å²) < 4.78 is 21.3. The molecular weight excluding hydrogens is 413 g/mol. The third-order valence-electron chi connectivity index (χ3n) is 6.06. The van der Waals surface area contributed by atoms with Crippen LogP contribution >= 0.6 is 11.6 Å². The lowest BCUT2D eigenvalue weighted by Gasteiger charge is -2.31. The van der Waals surface area contributed by atoms with E-state index in [1.54, 1.807) is 19.1 Å². The lowest BCUT2D eigenvalue weighted by atomic mass is 9.86. The van der Waals surface area contributed by atoms with Crippen molar-refractivity contribution in [2.24, 2.45) is 5.73 Å². The second kappa shape index (κ2) is 6.34. The Hall–Kier alpha value is -2.81. The standard InChI is InChI=1S/C21H17ClFN3O4/c1-2-21(29)12-5-15-18-10(7-26(15)19(27)11(12)8-30-20(21)28)9(6-24)16-14(25-18)4-3-13(22)17(16)23/h3-5,29H,2,6-8,24H2,1H3/t21-/m0/s1. The van der Waals surface area contributed by atoms with E-state index in [1.807, 2.05) is 0 Å². The molecule has 154 valence electrons. The van der Waals surface area contributed by atoms with Gasteiger partial charge in [-0.2, -0.15) is 0 Å². The van der Waals surface area contributed by atoms with Gasteiger partial charge < -0.3 is 20.1 Å². The minimum absolute atomic E-state index is 0.0293. The fraction of sp³-hybridized carbons (Fsp3) is 0.286. The highest BCUT2D eigenvalue weighted by Gasteiger charge is 2.45. The summed E-state index contributed by atoms with van der Waals surface area (Å²) in [6.07, 6.45) is 0.0531. The Morgan fingerprint density at radius 2 is 2.13 bits per heavy atom. The van der Waals surface area contributed by atoms with Crippen molar-refractivity contribution in [3.63, 3.8) is 0 Å². The van der Waals surface area contributed by atoms with Gasteiger partial charge in [-0.05, 0) is 30.2 Å². The van der Waals surface area contributed by atoms with Crippen molar-refractivity contribution in [2.75, 3.05) is 0 Å². The maximum atomic E-state index is 14.8. The second-order valence-corrected chi connectivity index (χ2v) is 7.89. The highest BCUT2D eigenvalue weighted by Crippen LogP contribution is 2.41. The zero-order valence-electron chi connectivity index (χ0n) is 16.0. The summed E-state index contributed by atoms with van der Waals surface area (Å²) in [5.74, 6) is -1.39. The lowest BCUT2D eigenvalue weighted by Crippen LogP contribution is -2.44. The van der Waals surface area contributed by atoms with Gasteiger partial charge in [-0.1, -0.05) is 18.5 Å². The molecule has 1 atom stereocenters. The summed E-state index contributed by atoms with van der Waals surface area (Å²) >= 11 is 5.96. The zero-order chi connectivity index (χ0) is 21.4. The van der Waals surface area contributed by atoms with Gasteiger partial charge in [0.05, 0.1) is 34.0 Å². The first-order valence-corrected chi connectivity index (χ1v) is 9.86. The molecule has 0 saturated carbocycles. The molecule has 0 fully saturated rings. The van der Waals surface area contributed by atoms with Crippen molar-refractivity contribution >= 4 is 28.5 Å². The molecular formula is C21H17ClFN3O4. The second-order valence-electron chi connectivity index (χ2n) is 7.48. The molecule has 2 aliphatic rings. The molecule has 2 aromatic heterocycles. The van der Waals surface area contributed by atoms with Gasteiger partial charge in [0.15, 0.2) is 11.4 Å². The third-order valence-corrected chi connectivity index (χ3v) is 6.35. The van der Waals surface area contributed by atoms with Crippen LogP contribution in [-0.2, 0) is 34.8 Å².